The summed E-state index contributed by atoms with van der Waals surface area (Å²) in [5, 5.41) is 11.7. The lowest BCUT2D eigenvalue weighted by atomic mass is 10.2. The zero-order valence-corrected chi connectivity index (χ0v) is 14.4. The molecule has 0 aliphatic rings. The molecule has 0 unspecified atom stereocenters. The van der Waals surface area contributed by atoms with E-state index >= 15 is 0 Å². The van der Waals surface area contributed by atoms with Crippen molar-refractivity contribution in [1.29, 1.82) is 0 Å². The standard InChI is InChI=1S/C19H19N3O4/c1-14-8-9-18(17(12-14)22(24)25)26-11-5-4-10-21-13-20-16-7-3-2-6-15(16)19(21)23/h2-3,6-9,12-13H,4-5,10-11H2,1H3. The third-order valence-electron chi connectivity index (χ3n) is 4.09. The summed E-state index contributed by atoms with van der Waals surface area (Å²) in [7, 11) is 0. The number of rotatable bonds is 7. The van der Waals surface area contributed by atoms with Crippen LogP contribution in [-0.4, -0.2) is 21.1 Å². The number of ether oxygens (including phenoxy) is 1. The van der Waals surface area contributed by atoms with Crippen molar-refractivity contribution in [2.45, 2.75) is 26.3 Å². The van der Waals surface area contributed by atoms with Crippen LogP contribution in [0.1, 0.15) is 18.4 Å². The van der Waals surface area contributed by atoms with Crippen LogP contribution in [-0.2, 0) is 6.54 Å². The number of fused-ring (bicyclic) bond motifs is 1. The minimum absolute atomic E-state index is 0.0278. The average Bonchev–Trinajstić information content (AvgIpc) is 2.64. The number of nitrogens with zero attached hydrogens (tertiary/aromatic N) is 3. The smallest absolute Gasteiger partial charge is 0.311 e. The highest BCUT2D eigenvalue weighted by atomic mass is 16.6. The lowest BCUT2D eigenvalue weighted by Gasteiger charge is -2.09. The fourth-order valence-corrected chi connectivity index (χ4v) is 2.72. The van der Waals surface area contributed by atoms with Gasteiger partial charge in [0.2, 0.25) is 0 Å². The summed E-state index contributed by atoms with van der Waals surface area (Å²) in [4.78, 5) is 27.3. The van der Waals surface area contributed by atoms with Gasteiger partial charge < -0.3 is 4.74 Å². The Morgan fingerprint density at radius 2 is 2.00 bits per heavy atom. The van der Waals surface area contributed by atoms with Gasteiger partial charge in [0, 0.05) is 12.6 Å². The molecule has 1 aromatic heterocycles. The molecule has 0 amide bonds. The van der Waals surface area contributed by atoms with Crippen molar-refractivity contribution in [2.75, 3.05) is 6.61 Å². The third-order valence-corrected chi connectivity index (χ3v) is 4.09. The Kier molecular flexibility index (Phi) is 5.26. The molecule has 0 aliphatic heterocycles. The van der Waals surface area contributed by atoms with Crippen molar-refractivity contribution >= 4 is 16.6 Å². The van der Waals surface area contributed by atoms with E-state index < -0.39 is 4.92 Å². The number of hydrogen-bond donors (Lipinski definition) is 0. The second-order valence-electron chi connectivity index (χ2n) is 6.04. The van der Waals surface area contributed by atoms with Crippen molar-refractivity contribution in [1.82, 2.24) is 9.55 Å². The zero-order chi connectivity index (χ0) is 18.5. The van der Waals surface area contributed by atoms with Crippen molar-refractivity contribution in [3.63, 3.8) is 0 Å². The Morgan fingerprint density at radius 1 is 1.19 bits per heavy atom. The van der Waals surface area contributed by atoms with Crippen molar-refractivity contribution in [3.05, 3.63) is 74.8 Å². The first-order valence-electron chi connectivity index (χ1n) is 8.38. The molecular weight excluding hydrogens is 334 g/mol. The minimum atomic E-state index is -0.442. The lowest BCUT2D eigenvalue weighted by molar-refractivity contribution is -0.385. The number of aryl methyl sites for hydroxylation is 2. The summed E-state index contributed by atoms with van der Waals surface area (Å²) in [5.41, 5.74) is 1.40. The summed E-state index contributed by atoms with van der Waals surface area (Å²) in [6.45, 7) is 2.67. The third kappa shape index (κ3) is 3.88. The molecule has 7 nitrogen and oxygen atoms in total. The van der Waals surface area contributed by atoms with Crippen LogP contribution < -0.4 is 10.3 Å². The SMILES string of the molecule is Cc1ccc(OCCCCn2cnc3ccccc3c2=O)c([N+](=O)[O-])c1. The molecular formula is C19H19N3O4. The highest BCUT2D eigenvalue weighted by Gasteiger charge is 2.14. The van der Waals surface area contributed by atoms with E-state index in [0.29, 0.717) is 36.9 Å². The Balaban J connectivity index is 1.56. The van der Waals surface area contributed by atoms with Gasteiger partial charge in [0.05, 0.1) is 28.8 Å². The van der Waals surface area contributed by atoms with E-state index in [4.69, 9.17) is 4.74 Å². The van der Waals surface area contributed by atoms with Gasteiger partial charge in [-0.2, -0.15) is 0 Å². The Bertz CT molecular complexity index is 997. The first kappa shape index (κ1) is 17.6. The van der Waals surface area contributed by atoms with E-state index in [9.17, 15) is 14.9 Å². The van der Waals surface area contributed by atoms with Crippen LogP contribution in [0.5, 0.6) is 5.75 Å². The Morgan fingerprint density at radius 3 is 2.81 bits per heavy atom. The molecule has 0 atom stereocenters. The molecule has 0 radical (unpaired) electrons. The molecule has 0 spiro atoms. The molecule has 0 fully saturated rings. The Labute approximate surface area is 150 Å². The molecule has 0 N–H and O–H groups in total. The van der Waals surface area contributed by atoms with E-state index in [-0.39, 0.29) is 17.0 Å². The fourth-order valence-electron chi connectivity index (χ4n) is 2.72. The average molecular weight is 353 g/mol. The quantitative estimate of drug-likeness (QED) is 0.369. The highest BCUT2D eigenvalue weighted by molar-refractivity contribution is 5.76. The van der Waals surface area contributed by atoms with Gasteiger partial charge >= 0.3 is 5.69 Å². The van der Waals surface area contributed by atoms with Gasteiger partial charge in [-0.15, -0.1) is 0 Å². The molecule has 0 aliphatic carbocycles. The number of unbranched alkanes of at least 4 members (excludes halogenated alkanes) is 1. The van der Waals surface area contributed by atoms with E-state index in [1.165, 1.54) is 6.07 Å². The summed E-state index contributed by atoms with van der Waals surface area (Å²) in [6.07, 6.45) is 2.93. The van der Waals surface area contributed by atoms with Gasteiger partial charge in [-0.1, -0.05) is 18.2 Å². The van der Waals surface area contributed by atoms with E-state index in [2.05, 4.69) is 4.98 Å². The summed E-state index contributed by atoms with van der Waals surface area (Å²) >= 11 is 0. The Hall–Kier alpha value is -3.22. The van der Waals surface area contributed by atoms with Gasteiger partial charge in [-0.05, 0) is 43.5 Å². The molecule has 1 heterocycles. The monoisotopic (exact) mass is 353 g/mol. The molecule has 26 heavy (non-hydrogen) atoms. The van der Waals surface area contributed by atoms with Crippen LogP contribution in [0.2, 0.25) is 0 Å². The normalized spacial score (nSPS) is 10.8. The van der Waals surface area contributed by atoms with Crippen molar-refractivity contribution in [2.24, 2.45) is 0 Å². The van der Waals surface area contributed by atoms with E-state index in [1.807, 2.05) is 18.2 Å². The molecule has 3 aromatic rings. The van der Waals surface area contributed by atoms with Crippen LogP contribution in [0, 0.1) is 17.0 Å². The number of para-hydroxylation sites is 1. The van der Waals surface area contributed by atoms with Crippen LogP contribution in [0.15, 0.2) is 53.6 Å². The number of hydrogen-bond acceptors (Lipinski definition) is 5. The van der Waals surface area contributed by atoms with Crippen LogP contribution in [0.3, 0.4) is 0 Å². The second kappa shape index (κ2) is 7.77. The van der Waals surface area contributed by atoms with Crippen molar-refractivity contribution in [3.8, 4) is 5.75 Å². The summed E-state index contributed by atoms with van der Waals surface area (Å²) in [5.74, 6) is 0.269. The topological polar surface area (TPSA) is 87.3 Å². The van der Waals surface area contributed by atoms with Gasteiger partial charge in [-0.25, -0.2) is 4.98 Å². The molecule has 0 saturated carbocycles. The zero-order valence-electron chi connectivity index (χ0n) is 14.4. The summed E-state index contributed by atoms with van der Waals surface area (Å²) in [6, 6.07) is 12.1. The maximum absolute atomic E-state index is 12.4. The number of nitro benzene ring substituents is 1. The van der Waals surface area contributed by atoms with Gasteiger partial charge in [0.15, 0.2) is 5.75 Å². The largest absolute Gasteiger partial charge is 0.487 e. The number of nitro groups is 1. The lowest BCUT2D eigenvalue weighted by Crippen LogP contribution is -2.20. The number of aromatic nitrogens is 2. The second-order valence-corrected chi connectivity index (χ2v) is 6.04. The highest BCUT2D eigenvalue weighted by Crippen LogP contribution is 2.27. The van der Waals surface area contributed by atoms with Crippen LogP contribution in [0.4, 0.5) is 5.69 Å². The molecule has 2 aromatic carbocycles. The predicted octanol–water partition coefficient (Wildman–Crippen LogP) is 3.47. The van der Waals surface area contributed by atoms with Gasteiger partial charge in [0.1, 0.15) is 0 Å². The molecule has 0 bridgehead atoms. The molecule has 7 heteroatoms. The maximum atomic E-state index is 12.4. The molecule has 134 valence electrons. The van der Waals surface area contributed by atoms with Crippen LogP contribution >= 0.6 is 0 Å². The van der Waals surface area contributed by atoms with Gasteiger partial charge in [0.25, 0.3) is 5.56 Å². The first-order valence-corrected chi connectivity index (χ1v) is 8.38. The number of benzene rings is 2. The first-order chi connectivity index (χ1) is 12.6. The minimum Gasteiger partial charge on any atom is -0.487 e. The predicted molar refractivity (Wildman–Crippen MR) is 98.6 cm³/mol. The summed E-state index contributed by atoms with van der Waals surface area (Å²) < 4.78 is 7.13. The van der Waals surface area contributed by atoms with E-state index in [0.717, 1.165) is 5.56 Å². The van der Waals surface area contributed by atoms with Crippen molar-refractivity contribution < 1.29 is 9.66 Å². The van der Waals surface area contributed by atoms with E-state index in [1.54, 1.807) is 36.0 Å². The van der Waals surface area contributed by atoms with Gasteiger partial charge in [-0.3, -0.25) is 19.5 Å². The molecule has 3 rings (SSSR count). The fraction of sp³-hybridized carbons (Fsp3) is 0.263. The maximum Gasteiger partial charge on any atom is 0.311 e. The molecule has 0 saturated heterocycles. The van der Waals surface area contributed by atoms with Crippen LogP contribution in [0.25, 0.3) is 10.9 Å².